The lowest BCUT2D eigenvalue weighted by atomic mass is 9.94. The van der Waals surface area contributed by atoms with Gasteiger partial charge in [-0.2, -0.15) is 0 Å². The van der Waals surface area contributed by atoms with E-state index >= 15 is 0 Å². The van der Waals surface area contributed by atoms with Gasteiger partial charge < -0.3 is 25.0 Å². The van der Waals surface area contributed by atoms with E-state index in [4.69, 9.17) is 21.1 Å². The molecule has 0 unspecified atom stereocenters. The highest BCUT2D eigenvalue weighted by Crippen LogP contribution is 2.30. The maximum Gasteiger partial charge on any atom is 0.338 e. The number of nitrogens with zero attached hydrogens (tertiary/aromatic N) is 2. The van der Waals surface area contributed by atoms with Crippen molar-refractivity contribution >= 4 is 29.3 Å². The predicted molar refractivity (Wildman–Crippen MR) is 127 cm³/mol. The molecule has 0 saturated carbocycles. The van der Waals surface area contributed by atoms with Crippen molar-refractivity contribution in [2.45, 2.75) is 6.04 Å². The van der Waals surface area contributed by atoms with Gasteiger partial charge in [0, 0.05) is 49.1 Å². The smallest absolute Gasteiger partial charge is 0.338 e. The Bertz CT molecular complexity index is 1050. The summed E-state index contributed by atoms with van der Waals surface area (Å²) >= 11 is 6.00. The predicted octanol–water partition coefficient (Wildman–Crippen LogP) is 2.95. The van der Waals surface area contributed by atoms with Gasteiger partial charge in [-0.1, -0.05) is 23.7 Å². The number of carbonyl (C=O) groups is 2. The van der Waals surface area contributed by atoms with Crippen molar-refractivity contribution in [2.24, 2.45) is 0 Å². The number of urea groups is 1. The summed E-state index contributed by atoms with van der Waals surface area (Å²) in [7, 11) is 2.92. The highest BCUT2D eigenvalue weighted by atomic mass is 35.5. The minimum absolute atomic E-state index is 0.356. The van der Waals surface area contributed by atoms with Gasteiger partial charge in [0.2, 0.25) is 0 Å². The van der Waals surface area contributed by atoms with Crippen molar-refractivity contribution < 1.29 is 19.1 Å². The van der Waals surface area contributed by atoms with Crippen LogP contribution in [-0.4, -0.2) is 63.8 Å². The molecule has 9 heteroatoms. The molecule has 2 aliphatic rings. The molecule has 2 N–H and O–H groups in total. The number of esters is 1. The Morgan fingerprint density at radius 2 is 1.82 bits per heavy atom. The lowest BCUT2D eigenvalue weighted by Crippen LogP contribution is -2.51. The number of amides is 2. The van der Waals surface area contributed by atoms with Crippen LogP contribution >= 0.6 is 11.6 Å². The maximum absolute atomic E-state index is 12.8. The first-order valence-electron chi connectivity index (χ1n) is 10.7. The number of carbonyl (C=O) groups excluding carboxylic acids is 2. The van der Waals surface area contributed by atoms with E-state index in [2.05, 4.69) is 20.4 Å². The maximum atomic E-state index is 12.8. The number of hydrogen-bond donors (Lipinski definition) is 2. The first kappa shape index (κ1) is 22.9. The summed E-state index contributed by atoms with van der Waals surface area (Å²) < 4.78 is 10.4. The number of ether oxygens (including phenoxy) is 2. The van der Waals surface area contributed by atoms with Gasteiger partial charge in [0.1, 0.15) is 5.75 Å². The van der Waals surface area contributed by atoms with Crippen molar-refractivity contribution in [1.29, 1.82) is 0 Å². The second kappa shape index (κ2) is 10.1. The van der Waals surface area contributed by atoms with Crippen LogP contribution in [0, 0.1) is 0 Å². The molecule has 0 spiro atoms. The Hall–Kier alpha value is -3.23. The van der Waals surface area contributed by atoms with Gasteiger partial charge in [0.15, 0.2) is 0 Å². The molecule has 1 saturated heterocycles. The fourth-order valence-electron chi connectivity index (χ4n) is 4.20. The van der Waals surface area contributed by atoms with Gasteiger partial charge in [0.05, 0.1) is 25.8 Å². The van der Waals surface area contributed by atoms with Crippen molar-refractivity contribution in [3.05, 3.63) is 70.4 Å². The fourth-order valence-corrected chi connectivity index (χ4v) is 4.33. The van der Waals surface area contributed by atoms with Crippen LogP contribution in [0.1, 0.15) is 11.6 Å². The van der Waals surface area contributed by atoms with E-state index in [9.17, 15) is 9.59 Å². The minimum Gasteiger partial charge on any atom is -0.497 e. The van der Waals surface area contributed by atoms with E-state index in [0.29, 0.717) is 28.6 Å². The monoisotopic (exact) mass is 470 g/mol. The number of anilines is 1. The van der Waals surface area contributed by atoms with E-state index in [1.165, 1.54) is 7.11 Å². The van der Waals surface area contributed by atoms with Crippen LogP contribution in [-0.2, 0) is 9.53 Å². The second-order valence-corrected chi connectivity index (χ2v) is 8.37. The van der Waals surface area contributed by atoms with Crippen LogP contribution < -0.4 is 20.3 Å². The molecule has 0 aliphatic carbocycles. The number of hydrogen-bond acceptors (Lipinski definition) is 6. The zero-order valence-corrected chi connectivity index (χ0v) is 19.4. The molecule has 33 heavy (non-hydrogen) atoms. The molecule has 4 rings (SSSR count). The molecule has 0 aromatic heterocycles. The number of benzene rings is 2. The van der Waals surface area contributed by atoms with E-state index in [0.717, 1.165) is 37.4 Å². The summed E-state index contributed by atoms with van der Waals surface area (Å²) in [6.45, 7) is 3.66. The molecule has 1 fully saturated rings. The SMILES string of the molecule is COC(=O)C1=C(CN2CCN(c3ccc(Cl)cc3)CC2)NC(=O)N[C@H]1c1cccc(OC)c1. The molecule has 2 heterocycles. The molecule has 2 aliphatic heterocycles. The van der Waals surface area contributed by atoms with Crippen molar-refractivity contribution in [3.8, 4) is 5.75 Å². The van der Waals surface area contributed by atoms with Crippen LogP contribution in [0.4, 0.5) is 10.5 Å². The number of piperazine rings is 1. The van der Waals surface area contributed by atoms with E-state index in [1.54, 1.807) is 7.11 Å². The highest BCUT2D eigenvalue weighted by molar-refractivity contribution is 6.30. The molecule has 2 amide bonds. The van der Waals surface area contributed by atoms with Crippen molar-refractivity contribution in [1.82, 2.24) is 15.5 Å². The third-order valence-corrected chi connectivity index (χ3v) is 6.18. The van der Waals surface area contributed by atoms with Gasteiger partial charge in [-0.25, -0.2) is 9.59 Å². The Kier molecular flexibility index (Phi) is 7.05. The Labute approximate surface area is 198 Å². The zero-order valence-electron chi connectivity index (χ0n) is 18.6. The third-order valence-electron chi connectivity index (χ3n) is 5.93. The lowest BCUT2D eigenvalue weighted by molar-refractivity contribution is -0.136. The summed E-state index contributed by atoms with van der Waals surface area (Å²) in [4.78, 5) is 29.8. The average molecular weight is 471 g/mol. The average Bonchev–Trinajstić information content (AvgIpc) is 2.84. The number of nitrogens with one attached hydrogen (secondary N) is 2. The molecule has 8 nitrogen and oxygen atoms in total. The Morgan fingerprint density at radius 1 is 1.09 bits per heavy atom. The molecule has 174 valence electrons. The summed E-state index contributed by atoms with van der Waals surface area (Å²) in [6.07, 6.45) is 0. The summed E-state index contributed by atoms with van der Waals surface area (Å²) in [5.41, 5.74) is 2.82. The molecule has 2 aromatic rings. The normalized spacial score (nSPS) is 19.1. The number of methoxy groups -OCH3 is 2. The third kappa shape index (κ3) is 5.23. The van der Waals surface area contributed by atoms with E-state index < -0.39 is 12.0 Å². The van der Waals surface area contributed by atoms with E-state index in [-0.39, 0.29) is 6.03 Å². The Morgan fingerprint density at radius 3 is 2.48 bits per heavy atom. The van der Waals surface area contributed by atoms with Gasteiger partial charge in [-0.05, 0) is 42.0 Å². The summed E-state index contributed by atoms with van der Waals surface area (Å²) in [5, 5.41) is 6.40. The molecule has 1 atom stereocenters. The molecule has 0 radical (unpaired) electrons. The quantitative estimate of drug-likeness (QED) is 0.632. The minimum atomic E-state index is -0.633. The molecular weight excluding hydrogens is 444 g/mol. The van der Waals surface area contributed by atoms with Crippen LogP contribution in [0.15, 0.2) is 59.8 Å². The molecular formula is C24H27ClN4O4. The van der Waals surface area contributed by atoms with E-state index in [1.807, 2.05) is 48.5 Å². The number of rotatable bonds is 6. The topological polar surface area (TPSA) is 83.1 Å². The van der Waals surface area contributed by atoms with Gasteiger partial charge in [-0.15, -0.1) is 0 Å². The van der Waals surface area contributed by atoms with Gasteiger partial charge in [0.25, 0.3) is 0 Å². The summed E-state index contributed by atoms with van der Waals surface area (Å²) in [5.74, 6) is 0.162. The molecule has 2 aromatic carbocycles. The van der Waals surface area contributed by atoms with Crippen LogP contribution in [0.5, 0.6) is 5.75 Å². The van der Waals surface area contributed by atoms with Crippen LogP contribution in [0.25, 0.3) is 0 Å². The van der Waals surface area contributed by atoms with Crippen molar-refractivity contribution in [2.75, 3.05) is 51.8 Å². The van der Waals surface area contributed by atoms with Crippen LogP contribution in [0.3, 0.4) is 0 Å². The fraction of sp³-hybridized carbons (Fsp3) is 0.333. The zero-order chi connectivity index (χ0) is 23.4. The standard InChI is InChI=1S/C24H27ClN4O4/c1-32-19-5-3-4-16(14-19)22-21(23(30)33-2)20(26-24(31)27-22)15-28-10-12-29(13-11-28)18-8-6-17(25)7-9-18/h3-9,14,22H,10-13,15H2,1-2H3,(H2,26,27,31)/t22-/m0/s1. The molecule has 0 bridgehead atoms. The van der Waals surface area contributed by atoms with Crippen LogP contribution in [0.2, 0.25) is 5.02 Å². The largest absolute Gasteiger partial charge is 0.497 e. The second-order valence-electron chi connectivity index (χ2n) is 7.93. The lowest BCUT2D eigenvalue weighted by Gasteiger charge is -2.38. The van der Waals surface area contributed by atoms with Crippen molar-refractivity contribution in [3.63, 3.8) is 0 Å². The first-order valence-corrected chi connectivity index (χ1v) is 11.1. The number of halogens is 1. The summed E-state index contributed by atoms with van der Waals surface area (Å²) in [6, 6.07) is 14.1. The Balaban J connectivity index is 1.54. The van der Waals surface area contributed by atoms with Gasteiger partial charge in [-0.3, -0.25) is 4.90 Å². The first-order chi connectivity index (χ1) is 16.0. The van der Waals surface area contributed by atoms with Gasteiger partial charge >= 0.3 is 12.0 Å². The highest BCUT2D eigenvalue weighted by Gasteiger charge is 2.34.